The van der Waals surface area contributed by atoms with Crippen molar-refractivity contribution in [3.05, 3.63) is 23.8 Å². The number of aromatic hydroxyl groups is 2. The highest BCUT2D eigenvalue weighted by Crippen LogP contribution is 2.18. The molecule has 0 radical (unpaired) electrons. The summed E-state index contributed by atoms with van der Waals surface area (Å²) in [5, 5.41) is 17.6. The highest BCUT2D eigenvalue weighted by Gasteiger charge is 1.95. The lowest BCUT2D eigenvalue weighted by atomic mass is 11.0. The van der Waals surface area contributed by atoms with Crippen molar-refractivity contribution < 1.29 is 15.0 Å². The van der Waals surface area contributed by atoms with Gasteiger partial charge in [-0.15, -0.1) is 0 Å². The third-order valence-electron chi connectivity index (χ3n) is 1.06. The Bertz CT molecular complexity index is 235. The largest absolute Gasteiger partial charge is 0.508 e. The Kier molecular flexibility index (Phi) is 1.58. The molecular formula is C7H6O3. The van der Waals surface area contributed by atoms with Gasteiger partial charge in [-0.3, -0.25) is 4.79 Å². The Morgan fingerprint density at radius 2 is 1.60 bits per heavy atom. The van der Waals surface area contributed by atoms with Crippen molar-refractivity contribution in [3.63, 3.8) is 0 Å². The predicted molar refractivity (Wildman–Crippen MR) is 35.2 cm³/mol. The first-order valence-corrected chi connectivity index (χ1v) is 2.70. The normalized spacial score (nSPS) is 9.20. The van der Waals surface area contributed by atoms with Gasteiger partial charge < -0.3 is 10.2 Å². The molecule has 0 fully saturated rings. The zero-order chi connectivity index (χ0) is 7.56. The second kappa shape index (κ2) is 2.39. The molecule has 0 saturated heterocycles. The number of carbonyl (C=O) groups is 1. The summed E-state index contributed by atoms with van der Waals surface area (Å²) in [6.07, 6.45) is 0.555. The topological polar surface area (TPSA) is 57.5 Å². The number of aldehydes is 1. The summed E-state index contributed by atoms with van der Waals surface area (Å²) < 4.78 is 0. The van der Waals surface area contributed by atoms with E-state index in [2.05, 4.69) is 0 Å². The second-order valence-corrected chi connectivity index (χ2v) is 1.90. The standard InChI is InChI=1S/C7H6O3/c8-4-5-1-6(9)3-7(10)2-5/h1-4,9-10H/i1+1,2+1,3+1,5+1,6+1,7+1. The van der Waals surface area contributed by atoms with Crippen LogP contribution in [0.25, 0.3) is 0 Å². The number of benzene rings is 1. The monoisotopic (exact) mass is 144 g/mol. The Morgan fingerprint density at radius 1 is 1.10 bits per heavy atom. The molecular weight excluding hydrogens is 138 g/mol. The molecule has 1 rings (SSSR count). The molecule has 3 nitrogen and oxygen atoms in total. The molecule has 0 heterocycles. The lowest BCUT2D eigenvalue weighted by Crippen LogP contribution is -1.77. The van der Waals surface area contributed by atoms with Crippen LogP contribution in [-0.4, -0.2) is 16.5 Å². The fraction of sp³-hybridized carbons (Fsp3) is 0. The maximum atomic E-state index is 10.1. The van der Waals surface area contributed by atoms with E-state index in [4.69, 9.17) is 10.2 Å². The van der Waals surface area contributed by atoms with E-state index in [0.29, 0.717) is 6.29 Å². The first kappa shape index (κ1) is 6.61. The van der Waals surface area contributed by atoms with Crippen molar-refractivity contribution >= 4 is 6.29 Å². The van der Waals surface area contributed by atoms with Crippen LogP contribution in [0.15, 0.2) is 18.2 Å². The summed E-state index contributed by atoms with van der Waals surface area (Å²) in [6.45, 7) is 0. The number of hydrogen-bond acceptors (Lipinski definition) is 3. The van der Waals surface area contributed by atoms with Crippen molar-refractivity contribution in [1.29, 1.82) is 0 Å². The van der Waals surface area contributed by atoms with Crippen molar-refractivity contribution in [1.82, 2.24) is 0 Å². The van der Waals surface area contributed by atoms with E-state index < -0.39 is 0 Å². The Hall–Kier alpha value is -1.51. The summed E-state index contributed by atoms with van der Waals surface area (Å²) in [5.41, 5.74) is 0.262. The van der Waals surface area contributed by atoms with E-state index in [9.17, 15) is 4.79 Å². The van der Waals surface area contributed by atoms with Gasteiger partial charge >= 0.3 is 0 Å². The fourth-order valence-corrected chi connectivity index (χ4v) is 0.686. The molecule has 1 aromatic carbocycles. The third kappa shape index (κ3) is 1.25. The third-order valence-corrected chi connectivity index (χ3v) is 1.06. The van der Waals surface area contributed by atoms with E-state index in [1.54, 1.807) is 0 Å². The van der Waals surface area contributed by atoms with Gasteiger partial charge in [-0.25, -0.2) is 0 Å². The number of phenolic OH excluding ortho intramolecular Hbond substituents is 2. The summed E-state index contributed by atoms with van der Waals surface area (Å²) >= 11 is 0. The van der Waals surface area contributed by atoms with Gasteiger partial charge in [-0.2, -0.15) is 0 Å². The second-order valence-electron chi connectivity index (χ2n) is 1.90. The number of carbonyl (C=O) groups excluding carboxylic acids is 1. The van der Waals surface area contributed by atoms with Crippen LogP contribution in [0.3, 0.4) is 0 Å². The average molecular weight is 144 g/mol. The summed E-state index contributed by atoms with van der Waals surface area (Å²) in [5.74, 6) is -0.218. The first-order valence-electron chi connectivity index (χ1n) is 2.70. The zero-order valence-electron chi connectivity index (χ0n) is 5.11. The number of phenols is 2. The number of hydrogen-bond donors (Lipinski definition) is 2. The highest BCUT2D eigenvalue weighted by molar-refractivity contribution is 5.76. The molecule has 0 saturated carbocycles. The molecule has 3 heteroatoms. The van der Waals surface area contributed by atoms with Crippen LogP contribution in [0.4, 0.5) is 0 Å². The van der Waals surface area contributed by atoms with E-state index in [0.717, 1.165) is 6.07 Å². The maximum Gasteiger partial charge on any atom is 0.150 e. The van der Waals surface area contributed by atoms with Gasteiger partial charge in [0.05, 0.1) is 0 Å². The van der Waals surface area contributed by atoms with Crippen molar-refractivity contribution in [2.75, 3.05) is 0 Å². The molecule has 0 amide bonds. The quantitative estimate of drug-likeness (QED) is 0.576. The van der Waals surface area contributed by atoms with Gasteiger partial charge in [0.25, 0.3) is 0 Å². The molecule has 0 unspecified atom stereocenters. The van der Waals surface area contributed by atoms with Crippen LogP contribution in [0, 0.1) is 0 Å². The average Bonchev–Trinajstić information content (AvgIpc) is 1.85. The van der Waals surface area contributed by atoms with Gasteiger partial charge in [0.2, 0.25) is 0 Å². The summed E-state index contributed by atoms with van der Waals surface area (Å²) in [7, 11) is 0. The predicted octanol–water partition coefficient (Wildman–Crippen LogP) is 0.910. The van der Waals surface area contributed by atoms with Gasteiger partial charge in [0, 0.05) is 11.6 Å². The Labute approximate surface area is 57.5 Å². The fourth-order valence-electron chi connectivity index (χ4n) is 0.686. The SMILES string of the molecule is O=C[13c]1[13cH][13c](O)[13cH][13c](O)[13cH]1. The van der Waals surface area contributed by atoms with Crippen molar-refractivity contribution in [2.45, 2.75) is 0 Å². The van der Waals surface area contributed by atoms with Crippen molar-refractivity contribution in [2.24, 2.45) is 0 Å². The first-order chi connectivity index (χ1) is 4.72. The molecule has 10 heavy (non-hydrogen) atoms. The lowest BCUT2D eigenvalue weighted by Gasteiger charge is -1.94. The number of rotatable bonds is 1. The van der Waals surface area contributed by atoms with Crippen LogP contribution in [-0.2, 0) is 0 Å². The molecule has 2 N–H and O–H groups in total. The van der Waals surface area contributed by atoms with Crippen molar-refractivity contribution in [3.8, 4) is 11.5 Å². The minimum absolute atomic E-state index is 0.109. The van der Waals surface area contributed by atoms with Crippen LogP contribution < -0.4 is 0 Å². The van der Waals surface area contributed by atoms with Crippen LogP contribution in [0.1, 0.15) is 10.4 Å². The molecule has 0 aliphatic heterocycles. The lowest BCUT2D eigenvalue weighted by molar-refractivity contribution is 0.112. The van der Waals surface area contributed by atoms with E-state index in [-0.39, 0.29) is 17.1 Å². The summed E-state index contributed by atoms with van der Waals surface area (Å²) in [6, 6.07) is 3.70. The molecule has 52 valence electrons. The minimum Gasteiger partial charge on any atom is -0.508 e. The summed E-state index contributed by atoms with van der Waals surface area (Å²) in [4.78, 5) is 10.1. The molecule has 0 spiro atoms. The van der Waals surface area contributed by atoms with Gasteiger partial charge in [0.15, 0.2) is 0 Å². The maximum absolute atomic E-state index is 10.1. The van der Waals surface area contributed by atoms with Crippen LogP contribution >= 0.6 is 0 Å². The van der Waals surface area contributed by atoms with E-state index >= 15 is 0 Å². The van der Waals surface area contributed by atoms with Crippen LogP contribution in [0.5, 0.6) is 11.5 Å². The Morgan fingerprint density at radius 3 is 2.00 bits per heavy atom. The minimum atomic E-state index is -0.109. The van der Waals surface area contributed by atoms with Crippen LogP contribution in [0.2, 0.25) is 0 Å². The highest BCUT2D eigenvalue weighted by atomic mass is 16.4. The van der Waals surface area contributed by atoms with Gasteiger partial charge in [-0.05, 0) is 12.1 Å². The molecule has 0 aromatic heterocycles. The molecule has 0 aliphatic carbocycles. The molecule has 0 bridgehead atoms. The van der Waals surface area contributed by atoms with E-state index in [1.807, 2.05) is 0 Å². The van der Waals surface area contributed by atoms with E-state index in [1.165, 1.54) is 12.1 Å². The van der Waals surface area contributed by atoms with Gasteiger partial charge in [-0.1, -0.05) is 0 Å². The zero-order valence-corrected chi connectivity index (χ0v) is 5.11. The van der Waals surface area contributed by atoms with Gasteiger partial charge in [0.1, 0.15) is 17.8 Å². The Balaban J connectivity index is 3.18. The molecule has 1 aromatic rings. The molecule has 0 aliphatic rings. The smallest absolute Gasteiger partial charge is 0.150 e. The molecule has 0 atom stereocenters.